The molecule has 1 amide bonds. The Balaban J connectivity index is 0.000000676. The van der Waals surface area contributed by atoms with Crippen molar-refractivity contribution in [3.63, 3.8) is 0 Å². The number of aliphatic carboxylic acids is 2. The molecule has 0 bridgehead atoms. The van der Waals surface area contributed by atoms with Crippen molar-refractivity contribution < 1.29 is 42.5 Å². The molecule has 4 aromatic rings. The first-order chi connectivity index (χ1) is 20.8. The maximum Gasteiger partial charge on any atom is 0.490 e. The third kappa shape index (κ3) is 10.2. The van der Waals surface area contributed by atoms with Crippen LogP contribution in [0.25, 0.3) is 11.1 Å². The number of ether oxygens (including phenoxy) is 1. The molecule has 230 valence electrons. The van der Waals surface area contributed by atoms with E-state index in [1.165, 1.54) is 5.56 Å². The normalized spacial score (nSPS) is 11.5. The highest BCUT2D eigenvalue weighted by Crippen LogP contribution is 2.25. The van der Waals surface area contributed by atoms with E-state index in [-0.39, 0.29) is 12.3 Å². The van der Waals surface area contributed by atoms with Crippen LogP contribution in [0.2, 0.25) is 0 Å². The fourth-order valence-electron chi connectivity index (χ4n) is 3.98. The van der Waals surface area contributed by atoms with Gasteiger partial charge in [-0.3, -0.25) is 15.0 Å². The number of hydrogen-bond acceptors (Lipinski definition) is 5. The monoisotopic (exact) mass is 609 g/mol. The van der Waals surface area contributed by atoms with Crippen molar-refractivity contribution in [2.24, 2.45) is 0 Å². The number of carboxylic acid groups (broad SMARTS) is 2. The van der Waals surface area contributed by atoms with Gasteiger partial charge in [0.15, 0.2) is 0 Å². The van der Waals surface area contributed by atoms with Crippen LogP contribution in [0.4, 0.5) is 13.2 Å². The Labute approximate surface area is 250 Å². The van der Waals surface area contributed by atoms with Crippen LogP contribution in [-0.4, -0.2) is 45.4 Å². The average Bonchev–Trinajstić information content (AvgIpc) is 2.98. The molecular formula is C32H30F3N3O6. The zero-order chi connectivity index (χ0) is 32.3. The molecule has 0 aliphatic rings. The van der Waals surface area contributed by atoms with Crippen molar-refractivity contribution in [1.29, 1.82) is 5.41 Å². The van der Waals surface area contributed by atoms with Crippen LogP contribution < -0.4 is 15.5 Å². The van der Waals surface area contributed by atoms with Gasteiger partial charge < -0.3 is 24.8 Å². The van der Waals surface area contributed by atoms with E-state index in [9.17, 15) is 27.9 Å². The molecule has 0 saturated carbocycles. The molecule has 12 heteroatoms. The van der Waals surface area contributed by atoms with E-state index in [2.05, 4.69) is 5.32 Å². The van der Waals surface area contributed by atoms with Gasteiger partial charge in [0.1, 0.15) is 17.8 Å². The molecule has 9 nitrogen and oxygen atoms in total. The zero-order valence-corrected chi connectivity index (χ0v) is 23.5. The Kier molecular flexibility index (Phi) is 11.4. The summed E-state index contributed by atoms with van der Waals surface area (Å²) < 4.78 is 39.3. The van der Waals surface area contributed by atoms with Gasteiger partial charge in [-0.05, 0) is 53.9 Å². The summed E-state index contributed by atoms with van der Waals surface area (Å²) in [6.07, 6.45) is -3.51. The number of halogens is 3. The number of pyridine rings is 1. The van der Waals surface area contributed by atoms with Crippen molar-refractivity contribution in [3.8, 4) is 16.9 Å². The van der Waals surface area contributed by atoms with Gasteiger partial charge in [-0.25, -0.2) is 4.79 Å². The van der Waals surface area contributed by atoms with E-state index >= 15 is 0 Å². The van der Waals surface area contributed by atoms with Gasteiger partial charge >= 0.3 is 18.1 Å². The number of carbonyl (C=O) groups excluding carboxylic acids is 1. The van der Waals surface area contributed by atoms with Crippen molar-refractivity contribution in [1.82, 2.24) is 9.88 Å². The molecule has 4 N–H and O–H groups in total. The summed E-state index contributed by atoms with van der Waals surface area (Å²) >= 11 is 0. The molecule has 1 unspecified atom stereocenters. The molecule has 0 radical (unpaired) electrons. The Hall–Kier alpha value is -5.39. The van der Waals surface area contributed by atoms with Crippen LogP contribution in [0.15, 0.2) is 97.2 Å². The van der Waals surface area contributed by atoms with Crippen molar-refractivity contribution in [2.45, 2.75) is 32.1 Å². The predicted octanol–water partition coefficient (Wildman–Crippen LogP) is 5.60. The molecule has 3 aromatic carbocycles. The quantitative estimate of drug-likeness (QED) is 0.184. The lowest BCUT2D eigenvalue weighted by Gasteiger charge is -2.18. The average molecular weight is 610 g/mol. The van der Waals surface area contributed by atoms with E-state index in [1.807, 2.05) is 67.7 Å². The molecule has 1 aromatic heterocycles. The van der Waals surface area contributed by atoms with Gasteiger partial charge in [-0.1, -0.05) is 66.2 Å². The first-order valence-electron chi connectivity index (χ1n) is 13.3. The summed E-state index contributed by atoms with van der Waals surface area (Å²) in [6.45, 7) is 2.86. The molecule has 0 aliphatic carbocycles. The summed E-state index contributed by atoms with van der Waals surface area (Å²) in [7, 11) is 0. The lowest BCUT2D eigenvalue weighted by Crippen LogP contribution is -2.30. The first kappa shape index (κ1) is 33.1. The van der Waals surface area contributed by atoms with E-state index < -0.39 is 24.2 Å². The van der Waals surface area contributed by atoms with E-state index in [1.54, 1.807) is 41.0 Å². The second-order valence-electron chi connectivity index (χ2n) is 9.57. The number of carboxylic acids is 2. The number of hydrogen-bond donors (Lipinski definition) is 4. The van der Waals surface area contributed by atoms with Crippen molar-refractivity contribution >= 4 is 17.8 Å². The lowest BCUT2D eigenvalue weighted by atomic mass is 9.98. The minimum atomic E-state index is -5.08. The number of aromatic nitrogens is 1. The van der Waals surface area contributed by atoms with Gasteiger partial charge in [0.05, 0.1) is 19.0 Å². The molecule has 0 saturated heterocycles. The summed E-state index contributed by atoms with van der Waals surface area (Å²) in [5, 5.41) is 27.3. The summed E-state index contributed by atoms with van der Waals surface area (Å²) in [6, 6.07) is 27.2. The number of rotatable bonds is 10. The number of alkyl halides is 3. The van der Waals surface area contributed by atoms with Gasteiger partial charge in [-0.15, -0.1) is 0 Å². The Morgan fingerprint density at radius 1 is 0.909 bits per heavy atom. The number of benzene rings is 3. The van der Waals surface area contributed by atoms with Crippen LogP contribution in [0, 0.1) is 12.3 Å². The molecule has 44 heavy (non-hydrogen) atoms. The standard InChI is InChI=1S/C30H29N3O4.C2HF3O2/c1-21-8-10-22(11-9-21)23-12-14-24(15-13-23)27(20-29(34)35)32-30(36)25-5-4-6-26(19-25)37-18-17-33-16-3-2-7-28(33)31;3-2(4,5)1(6)7/h2-16,19,27,31H,17-18,20H2,1H3,(H,32,36)(H,34,35);(H,6,7). The van der Waals surface area contributed by atoms with Crippen LogP contribution >= 0.6 is 0 Å². The molecule has 4 rings (SSSR count). The molecular weight excluding hydrogens is 579 g/mol. The first-order valence-corrected chi connectivity index (χ1v) is 13.3. The highest BCUT2D eigenvalue weighted by Gasteiger charge is 2.38. The smallest absolute Gasteiger partial charge is 0.490 e. The van der Waals surface area contributed by atoms with Crippen molar-refractivity contribution in [3.05, 3.63) is 119 Å². The molecule has 1 heterocycles. The summed E-state index contributed by atoms with van der Waals surface area (Å²) in [4.78, 5) is 33.5. The maximum absolute atomic E-state index is 13.0. The highest BCUT2D eigenvalue weighted by atomic mass is 19.4. The lowest BCUT2D eigenvalue weighted by molar-refractivity contribution is -0.192. The Morgan fingerprint density at radius 2 is 1.52 bits per heavy atom. The minimum absolute atomic E-state index is 0.241. The second-order valence-corrected chi connectivity index (χ2v) is 9.57. The number of amides is 1. The predicted molar refractivity (Wildman–Crippen MR) is 155 cm³/mol. The van der Waals surface area contributed by atoms with E-state index in [4.69, 9.17) is 20.0 Å². The molecule has 0 fully saturated rings. The van der Waals surface area contributed by atoms with Crippen LogP contribution in [0.1, 0.15) is 33.9 Å². The molecule has 0 spiro atoms. The Bertz CT molecular complexity index is 1630. The molecule has 0 aliphatic heterocycles. The maximum atomic E-state index is 13.0. The van der Waals surface area contributed by atoms with Crippen LogP contribution in [0.3, 0.4) is 0 Å². The second kappa shape index (κ2) is 15.2. The zero-order valence-electron chi connectivity index (χ0n) is 23.5. The number of nitrogens with zero attached hydrogens (tertiary/aromatic N) is 1. The highest BCUT2D eigenvalue weighted by molar-refractivity contribution is 5.95. The van der Waals surface area contributed by atoms with Crippen LogP contribution in [-0.2, 0) is 16.1 Å². The Morgan fingerprint density at radius 3 is 2.09 bits per heavy atom. The topological polar surface area (TPSA) is 142 Å². The van der Waals surface area contributed by atoms with Gasteiger partial charge in [0, 0.05) is 11.8 Å². The van der Waals surface area contributed by atoms with Gasteiger partial charge in [-0.2, -0.15) is 13.2 Å². The summed E-state index contributed by atoms with van der Waals surface area (Å²) in [5.41, 5.74) is 4.73. The minimum Gasteiger partial charge on any atom is -0.492 e. The number of nitrogens with one attached hydrogen (secondary N) is 2. The third-order valence-electron chi connectivity index (χ3n) is 6.26. The largest absolute Gasteiger partial charge is 0.492 e. The number of aryl methyl sites for hydroxylation is 1. The molecule has 1 atom stereocenters. The fourth-order valence-corrected chi connectivity index (χ4v) is 3.98. The van der Waals surface area contributed by atoms with Gasteiger partial charge in [0.25, 0.3) is 5.91 Å². The van der Waals surface area contributed by atoms with E-state index in [0.717, 1.165) is 11.1 Å². The number of carbonyl (C=O) groups is 3. The third-order valence-corrected chi connectivity index (χ3v) is 6.26. The SMILES string of the molecule is Cc1ccc(-c2ccc(C(CC(=O)O)NC(=O)c3cccc(OCCn4ccccc4=N)c3)cc2)cc1.O=C(O)C(F)(F)F. The fraction of sp³-hybridized carbons (Fsp3) is 0.188. The summed E-state index contributed by atoms with van der Waals surface area (Å²) in [5.74, 6) is -3.62. The van der Waals surface area contributed by atoms with E-state index in [0.29, 0.717) is 35.5 Å². The van der Waals surface area contributed by atoms with Crippen molar-refractivity contribution in [2.75, 3.05) is 6.61 Å². The van der Waals surface area contributed by atoms with Crippen LogP contribution in [0.5, 0.6) is 5.75 Å². The van der Waals surface area contributed by atoms with Gasteiger partial charge in [0.2, 0.25) is 0 Å².